The fraction of sp³-hybridized carbons (Fsp3) is 0.727. The molecule has 0 aliphatic rings. The molecule has 0 amide bonds. The van der Waals surface area contributed by atoms with Crippen LogP contribution in [0.1, 0.15) is 24.7 Å². The van der Waals surface area contributed by atoms with Crippen molar-refractivity contribution in [2.45, 2.75) is 37.8 Å². The maximum atomic E-state index is 12.3. The van der Waals surface area contributed by atoms with E-state index in [1.54, 1.807) is 6.92 Å². The highest BCUT2D eigenvalue weighted by molar-refractivity contribution is 7.89. The van der Waals surface area contributed by atoms with Crippen LogP contribution in [0.3, 0.4) is 0 Å². The number of aryl methyl sites for hydroxylation is 1. The van der Waals surface area contributed by atoms with Crippen molar-refractivity contribution in [2.24, 2.45) is 5.73 Å². The standard InChI is InChI=1S/C11H23N5O2S/c1-8(5-6-16(3)4)15-19(17,18)11-9(2)13-14-10(11)7-12/h8,15H,5-7,12H2,1-4H3,(H,13,14). The Morgan fingerprint density at radius 2 is 2.11 bits per heavy atom. The Morgan fingerprint density at radius 1 is 1.47 bits per heavy atom. The molecule has 1 rings (SSSR count). The number of nitrogens with zero attached hydrogens (tertiary/aromatic N) is 2. The molecule has 1 aromatic rings. The van der Waals surface area contributed by atoms with Gasteiger partial charge in [0.25, 0.3) is 0 Å². The Labute approximate surface area is 114 Å². The number of aromatic amines is 1. The summed E-state index contributed by atoms with van der Waals surface area (Å²) in [6.45, 7) is 4.42. The number of nitrogens with two attached hydrogens (primary N) is 1. The molecule has 4 N–H and O–H groups in total. The summed E-state index contributed by atoms with van der Waals surface area (Å²) in [4.78, 5) is 2.19. The lowest BCUT2D eigenvalue weighted by Gasteiger charge is -2.17. The number of hydrogen-bond donors (Lipinski definition) is 3. The number of H-pyrrole nitrogens is 1. The van der Waals surface area contributed by atoms with Crippen LogP contribution < -0.4 is 10.5 Å². The van der Waals surface area contributed by atoms with Gasteiger partial charge in [-0.25, -0.2) is 13.1 Å². The van der Waals surface area contributed by atoms with Crippen molar-refractivity contribution < 1.29 is 8.42 Å². The molecule has 1 heterocycles. The third kappa shape index (κ3) is 4.27. The molecule has 7 nitrogen and oxygen atoms in total. The smallest absolute Gasteiger partial charge is 0.244 e. The minimum absolute atomic E-state index is 0.0899. The SMILES string of the molecule is Cc1[nH]nc(CN)c1S(=O)(=O)NC(C)CCN(C)C. The number of rotatable bonds is 7. The molecule has 0 saturated heterocycles. The van der Waals surface area contributed by atoms with E-state index in [1.807, 2.05) is 25.9 Å². The maximum Gasteiger partial charge on any atom is 0.244 e. The minimum atomic E-state index is -3.58. The number of aromatic nitrogens is 2. The van der Waals surface area contributed by atoms with Gasteiger partial charge in [-0.2, -0.15) is 5.10 Å². The quantitative estimate of drug-likeness (QED) is 0.644. The largest absolute Gasteiger partial charge is 0.325 e. The van der Waals surface area contributed by atoms with E-state index in [0.29, 0.717) is 11.4 Å². The van der Waals surface area contributed by atoms with Crippen molar-refractivity contribution in [3.63, 3.8) is 0 Å². The molecule has 0 aliphatic heterocycles. The number of hydrogen-bond acceptors (Lipinski definition) is 5. The van der Waals surface area contributed by atoms with Crippen LogP contribution >= 0.6 is 0 Å². The molecule has 0 aromatic carbocycles. The molecule has 0 fully saturated rings. The van der Waals surface area contributed by atoms with Crippen molar-refractivity contribution in [3.8, 4) is 0 Å². The molecule has 1 aromatic heterocycles. The molecule has 110 valence electrons. The first-order valence-electron chi connectivity index (χ1n) is 6.19. The Kier molecular flexibility index (Phi) is 5.48. The predicted octanol–water partition coefficient (Wildman–Crippen LogP) is -0.205. The van der Waals surface area contributed by atoms with Crippen LogP contribution in [-0.2, 0) is 16.6 Å². The zero-order valence-corrected chi connectivity index (χ0v) is 12.7. The Balaban J connectivity index is 2.83. The topological polar surface area (TPSA) is 104 Å². The molecule has 0 bridgehead atoms. The van der Waals surface area contributed by atoms with Crippen molar-refractivity contribution in [3.05, 3.63) is 11.4 Å². The van der Waals surface area contributed by atoms with Gasteiger partial charge in [0.1, 0.15) is 4.90 Å². The van der Waals surface area contributed by atoms with E-state index < -0.39 is 10.0 Å². The minimum Gasteiger partial charge on any atom is -0.325 e. The molecule has 0 aliphatic carbocycles. The molecule has 0 spiro atoms. The zero-order valence-electron chi connectivity index (χ0n) is 11.9. The van der Waals surface area contributed by atoms with Gasteiger partial charge >= 0.3 is 0 Å². The van der Waals surface area contributed by atoms with Gasteiger partial charge in [0.05, 0.1) is 11.4 Å². The van der Waals surface area contributed by atoms with Gasteiger partial charge in [-0.1, -0.05) is 0 Å². The summed E-state index contributed by atoms with van der Waals surface area (Å²) < 4.78 is 27.3. The summed E-state index contributed by atoms with van der Waals surface area (Å²) in [6.07, 6.45) is 0.737. The van der Waals surface area contributed by atoms with Crippen LogP contribution in [0.25, 0.3) is 0 Å². The van der Waals surface area contributed by atoms with Gasteiger partial charge in [-0.3, -0.25) is 5.10 Å². The number of nitrogens with one attached hydrogen (secondary N) is 2. The average Bonchev–Trinajstić information content (AvgIpc) is 2.68. The van der Waals surface area contributed by atoms with Crippen molar-refractivity contribution >= 4 is 10.0 Å². The highest BCUT2D eigenvalue weighted by atomic mass is 32.2. The lowest BCUT2D eigenvalue weighted by molar-refractivity contribution is 0.379. The van der Waals surface area contributed by atoms with Crippen molar-refractivity contribution in [1.82, 2.24) is 19.8 Å². The van der Waals surface area contributed by atoms with Gasteiger partial charge < -0.3 is 10.6 Å². The number of sulfonamides is 1. The van der Waals surface area contributed by atoms with Gasteiger partial charge in [0.2, 0.25) is 10.0 Å². The van der Waals surface area contributed by atoms with Crippen LogP contribution in [0.15, 0.2) is 4.90 Å². The molecule has 19 heavy (non-hydrogen) atoms. The van der Waals surface area contributed by atoms with Crippen LogP contribution in [0.5, 0.6) is 0 Å². The van der Waals surface area contributed by atoms with E-state index in [2.05, 4.69) is 14.9 Å². The van der Waals surface area contributed by atoms with Crippen LogP contribution in [0.4, 0.5) is 0 Å². The van der Waals surface area contributed by atoms with Crippen molar-refractivity contribution in [2.75, 3.05) is 20.6 Å². The van der Waals surface area contributed by atoms with E-state index in [0.717, 1.165) is 13.0 Å². The van der Waals surface area contributed by atoms with E-state index in [9.17, 15) is 8.42 Å². The summed E-state index contributed by atoms with van der Waals surface area (Å²) in [5.41, 5.74) is 6.38. The van der Waals surface area contributed by atoms with E-state index in [-0.39, 0.29) is 17.5 Å². The summed E-state index contributed by atoms with van der Waals surface area (Å²) in [7, 11) is 0.325. The summed E-state index contributed by atoms with van der Waals surface area (Å²) in [6, 6.07) is -0.146. The molecular weight excluding hydrogens is 266 g/mol. The fourth-order valence-electron chi connectivity index (χ4n) is 1.80. The second-order valence-corrected chi connectivity index (χ2v) is 6.59. The van der Waals surface area contributed by atoms with Crippen LogP contribution in [-0.4, -0.2) is 50.2 Å². The molecule has 8 heteroatoms. The van der Waals surface area contributed by atoms with Crippen LogP contribution in [0, 0.1) is 6.92 Å². The molecule has 0 radical (unpaired) electrons. The third-order valence-electron chi connectivity index (χ3n) is 2.79. The summed E-state index contributed by atoms with van der Waals surface area (Å²) >= 11 is 0. The lowest BCUT2D eigenvalue weighted by atomic mass is 10.2. The van der Waals surface area contributed by atoms with Gasteiger partial charge in [-0.05, 0) is 40.9 Å². The van der Waals surface area contributed by atoms with Crippen LogP contribution in [0.2, 0.25) is 0 Å². The van der Waals surface area contributed by atoms with Gasteiger partial charge in [0, 0.05) is 12.6 Å². The summed E-state index contributed by atoms with van der Waals surface area (Å²) in [5.74, 6) is 0. The maximum absolute atomic E-state index is 12.3. The normalized spacial score (nSPS) is 14.0. The highest BCUT2D eigenvalue weighted by Gasteiger charge is 2.25. The van der Waals surface area contributed by atoms with E-state index in [4.69, 9.17) is 5.73 Å². The lowest BCUT2D eigenvalue weighted by Crippen LogP contribution is -2.35. The van der Waals surface area contributed by atoms with E-state index >= 15 is 0 Å². The monoisotopic (exact) mass is 289 g/mol. The second-order valence-electron chi connectivity index (χ2n) is 4.94. The summed E-state index contributed by atoms with van der Waals surface area (Å²) in [5, 5.41) is 6.56. The molecule has 1 atom stereocenters. The average molecular weight is 289 g/mol. The van der Waals surface area contributed by atoms with Gasteiger partial charge in [-0.15, -0.1) is 0 Å². The Morgan fingerprint density at radius 3 is 2.63 bits per heavy atom. The second kappa shape index (κ2) is 6.47. The first-order valence-corrected chi connectivity index (χ1v) is 7.67. The molecule has 0 saturated carbocycles. The van der Waals surface area contributed by atoms with E-state index in [1.165, 1.54) is 0 Å². The molecular formula is C11H23N5O2S. The third-order valence-corrected chi connectivity index (χ3v) is 4.58. The fourth-order valence-corrected chi connectivity index (χ4v) is 3.45. The predicted molar refractivity (Wildman–Crippen MR) is 74.2 cm³/mol. The first kappa shape index (κ1) is 16.1. The van der Waals surface area contributed by atoms with Gasteiger partial charge in [0.15, 0.2) is 0 Å². The Bertz CT molecular complexity index is 509. The molecule has 1 unspecified atom stereocenters. The Hall–Kier alpha value is -0.960. The highest BCUT2D eigenvalue weighted by Crippen LogP contribution is 2.17. The van der Waals surface area contributed by atoms with Crippen molar-refractivity contribution in [1.29, 1.82) is 0 Å². The zero-order chi connectivity index (χ0) is 14.6. The first-order chi connectivity index (χ1) is 8.77.